The quantitative estimate of drug-likeness (QED) is 0.852. The number of ether oxygens (including phenoxy) is 3. The smallest absolute Gasteiger partial charge is 0.127 e. The van der Waals surface area contributed by atoms with E-state index in [0.717, 1.165) is 49.8 Å². The van der Waals surface area contributed by atoms with Gasteiger partial charge in [-0.3, -0.25) is 4.90 Å². The first-order chi connectivity index (χ1) is 10.3. The van der Waals surface area contributed by atoms with Gasteiger partial charge in [0, 0.05) is 24.7 Å². The highest BCUT2D eigenvalue weighted by Gasteiger charge is 2.23. The van der Waals surface area contributed by atoms with Gasteiger partial charge in [0.05, 0.1) is 20.3 Å². The summed E-state index contributed by atoms with van der Waals surface area (Å²) in [6.07, 6.45) is 3.36. The van der Waals surface area contributed by atoms with Crippen LogP contribution in [0.2, 0.25) is 0 Å². The maximum absolute atomic E-state index is 5.86. The average Bonchev–Trinajstić information content (AvgIpc) is 2.54. The van der Waals surface area contributed by atoms with Crippen LogP contribution in [0, 0.1) is 0 Å². The highest BCUT2D eigenvalue weighted by atomic mass is 16.5. The van der Waals surface area contributed by atoms with E-state index in [2.05, 4.69) is 17.9 Å². The molecule has 4 heteroatoms. The van der Waals surface area contributed by atoms with Crippen molar-refractivity contribution in [1.29, 1.82) is 0 Å². The predicted octanol–water partition coefficient (Wildman–Crippen LogP) is 2.58. The minimum Gasteiger partial charge on any atom is -0.497 e. The molecule has 1 atom stereocenters. The average molecular weight is 289 g/mol. The van der Waals surface area contributed by atoms with Crippen LogP contribution in [0.4, 0.5) is 0 Å². The zero-order chi connectivity index (χ0) is 14.7. The van der Waals surface area contributed by atoms with Gasteiger partial charge in [-0.15, -0.1) is 0 Å². The fourth-order valence-corrected chi connectivity index (χ4v) is 2.96. The van der Waals surface area contributed by atoms with E-state index in [1.54, 1.807) is 7.11 Å². The van der Waals surface area contributed by atoms with Crippen molar-refractivity contribution in [3.63, 3.8) is 0 Å². The number of methoxy groups -OCH3 is 1. The van der Waals surface area contributed by atoms with Crippen LogP contribution < -0.4 is 9.47 Å². The third-order valence-corrected chi connectivity index (χ3v) is 4.22. The molecule has 0 amide bonds. The van der Waals surface area contributed by atoms with Crippen molar-refractivity contribution in [3.05, 3.63) is 29.3 Å². The van der Waals surface area contributed by atoms with Crippen LogP contribution in [0.3, 0.4) is 0 Å². The van der Waals surface area contributed by atoms with Gasteiger partial charge >= 0.3 is 0 Å². The van der Waals surface area contributed by atoms with Gasteiger partial charge in [-0.25, -0.2) is 0 Å². The number of hydrogen-bond acceptors (Lipinski definition) is 4. The van der Waals surface area contributed by atoms with Gasteiger partial charge in [0.25, 0.3) is 0 Å². The Balaban J connectivity index is 1.75. The van der Waals surface area contributed by atoms with Gasteiger partial charge in [-0.1, -0.05) is 6.92 Å². The van der Waals surface area contributed by atoms with Crippen LogP contribution in [0.25, 0.3) is 6.08 Å². The van der Waals surface area contributed by atoms with Gasteiger partial charge in [-0.2, -0.15) is 0 Å². The van der Waals surface area contributed by atoms with Gasteiger partial charge < -0.3 is 14.2 Å². The summed E-state index contributed by atoms with van der Waals surface area (Å²) in [7, 11) is 1.69. The van der Waals surface area contributed by atoms with E-state index in [0.29, 0.717) is 12.6 Å². The summed E-state index contributed by atoms with van der Waals surface area (Å²) in [5.74, 6) is 1.81. The van der Waals surface area contributed by atoms with Crippen molar-refractivity contribution < 1.29 is 14.2 Å². The molecule has 4 nitrogen and oxygen atoms in total. The Hall–Kier alpha value is -1.52. The lowest BCUT2D eigenvalue weighted by atomic mass is 10.1. The van der Waals surface area contributed by atoms with Crippen LogP contribution in [0.15, 0.2) is 23.8 Å². The van der Waals surface area contributed by atoms with Crippen molar-refractivity contribution >= 4 is 6.08 Å². The second-order valence-electron chi connectivity index (χ2n) is 5.60. The number of rotatable bonds is 4. The monoisotopic (exact) mass is 289 g/mol. The van der Waals surface area contributed by atoms with Crippen LogP contribution >= 0.6 is 0 Å². The summed E-state index contributed by atoms with van der Waals surface area (Å²) < 4.78 is 16.7. The molecule has 1 fully saturated rings. The Labute approximate surface area is 126 Å². The normalized spacial score (nSPS) is 22.2. The molecule has 3 rings (SSSR count). The van der Waals surface area contributed by atoms with Crippen LogP contribution in [-0.2, 0) is 4.74 Å². The van der Waals surface area contributed by atoms with Gasteiger partial charge in [0.15, 0.2) is 0 Å². The van der Waals surface area contributed by atoms with E-state index >= 15 is 0 Å². The number of hydrogen-bond donors (Lipinski definition) is 0. The zero-order valence-electron chi connectivity index (χ0n) is 12.8. The fourth-order valence-electron chi connectivity index (χ4n) is 2.96. The highest BCUT2D eigenvalue weighted by Crippen LogP contribution is 2.30. The summed E-state index contributed by atoms with van der Waals surface area (Å²) in [5, 5.41) is 0. The largest absolute Gasteiger partial charge is 0.497 e. The third-order valence-electron chi connectivity index (χ3n) is 4.22. The maximum atomic E-state index is 5.86. The molecule has 0 aromatic heterocycles. The van der Waals surface area contributed by atoms with Gasteiger partial charge in [0.1, 0.15) is 18.1 Å². The molecule has 0 N–H and O–H groups in total. The lowest BCUT2D eigenvalue weighted by molar-refractivity contribution is -0.00467. The minimum absolute atomic E-state index is 0.520. The van der Waals surface area contributed by atoms with E-state index in [1.807, 2.05) is 18.2 Å². The van der Waals surface area contributed by atoms with Crippen LogP contribution in [-0.4, -0.2) is 51.0 Å². The standard InChI is InChI=1S/C17H23NO3/c1-3-15-12-20-7-6-18(15)10-13-8-14-9-16(19-2)4-5-17(14)21-11-13/h4-5,8-9,15H,3,6-7,10-12H2,1-2H3/t15-/m0/s1. The second-order valence-corrected chi connectivity index (χ2v) is 5.60. The molecule has 21 heavy (non-hydrogen) atoms. The minimum atomic E-state index is 0.520. The summed E-state index contributed by atoms with van der Waals surface area (Å²) in [4.78, 5) is 2.50. The molecule has 0 radical (unpaired) electrons. The Kier molecular flexibility index (Phi) is 4.46. The van der Waals surface area contributed by atoms with E-state index < -0.39 is 0 Å². The zero-order valence-corrected chi connectivity index (χ0v) is 12.8. The van der Waals surface area contributed by atoms with Gasteiger partial charge in [0.2, 0.25) is 0 Å². The molecule has 0 bridgehead atoms. The molecule has 0 unspecified atom stereocenters. The Morgan fingerprint density at radius 3 is 3.10 bits per heavy atom. The molecule has 0 saturated carbocycles. The lowest BCUT2D eigenvalue weighted by Crippen LogP contribution is -2.46. The maximum Gasteiger partial charge on any atom is 0.127 e. The molecular weight excluding hydrogens is 266 g/mol. The fraction of sp³-hybridized carbons (Fsp3) is 0.529. The first kappa shape index (κ1) is 14.4. The SMILES string of the molecule is CC[C@H]1COCCN1CC1=Cc2cc(OC)ccc2OC1. The molecule has 114 valence electrons. The summed E-state index contributed by atoms with van der Waals surface area (Å²) in [6.45, 7) is 6.52. The van der Waals surface area contributed by atoms with E-state index in [4.69, 9.17) is 14.2 Å². The number of nitrogens with zero attached hydrogens (tertiary/aromatic N) is 1. The predicted molar refractivity (Wildman–Crippen MR) is 82.9 cm³/mol. The van der Waals surface area contributed by atoms with Crippen LogP contribution in [0.1, 0.15) is 18.9 Å². The van der Waals surface area contributed by atoms with E-state index in [-0.39, 0.29) is 0 Å². The lowest BCUT2D eigenvalue weighted by Gasteiger charge is -2.36. The second kappa shape index (κ2) is 6.50. The first-order valence-corrected chi connectivity index (χ1v) is 7.62. The summed E-state index contributed by atoms with van der Waals surface area (Å²) in [5.41, 5.74) is 2.42. The Morgan fingerprint density at radius 1 is 1.38 bits per heavy atom. The first-order valence-electron chi connectivity index (χ1n) is 7.62. The van der Waals surface area contributed by atoms with Crippen molar-refractivity contribution in [2.45, 2.75) is 19.4 Å². The Bertz CT molecular complexity index is 527. The molecule has 1 aromatic carbocycles. The number of morpholine rings is 1. The van der Waals surface area contributed by atoms with E-state index in [9.17, 15) is 0 Å². The molecule has 1 aromatic rings. The molecule has 2 aliphatic heterocycles. The summed E-state index contributed by atoms with van der Waals surface area (Å²) >= 11 is 0. The molecule has 1 saturated heterocycles. The number of benzene rings is 1. The van der Waals surface area contributed by atoms with Crippen LogP contribution in [0.5, 0.6) is 11.5 Å². The third kappa shape index (κ3) is 3.22. The van der Waals surface area contributed by atoms with Crippen molar-refractivity contribution in [2.24, 2.45) is 0 Å². The topological polar surface area (TPSA) is 30.9 Å². The van der Waals surface area contributed by atoms with Gasteiger partial charge in [-0.05, 0) is 36.3 Å². The van der Waals surface area contributed by atoms with Crippen molar-refractivity contribution in [1.82, 2.24) is 4.90 Å². The molecular formula is C17H23NO3. The number of fused-ring (bicyclic) bond motifs is 1. The molecule has 0 aliphatic carbocycles. The summed E-state index contributed by atoms with van der Waals surface area (Å²) in [6, 6.07) is 6.47. The van der Waals surface area contributed by atoms with Crippen molar-refractivity contribution in [3.8, 4) is 11.5 Å². The molecule has 2 aliphatic rings. The van der Waals surface area contributed by atoms with Crippen molar-refractivity contribution in [2.75, 3.05) is 40.0 Å². The molecule has 2 heterocycles. The molecule has 0 spiro atoms. The Morgan fingerprint density at radius 2 is 2.29 bits per heavy atom. The highest BCUT2D eigenvalue weighted by molar-refractivity contribution is 5.64. The van der Waals surface area contributed by atoms with E-state index in [1.165, 1.54) is 5.57 Å².